The smallest absolute Gasteiger partial charge is 0.311 e. The molecule has 1 aromatic carbocycles. The Labute approximate surface area is 156 Å². The van der Waals surface area contributed by atoms with E-state index in [0.717, 1.165) is 24.5 Å². The lowest BCUT2D eigenvalue weighted by Crippen LogP contribution is -2.17. The Bertz CT molecular complexity index is 551. The Morgan fingerprint density at radius 1 is 0.962 bits per heavy atom. The van der Waals surface area contributed by atoms with Gasteiger partial charge in [-0.2, -0.15) is 0 Å². The Morgan fingerprint density at radius 2 is 1.62 bits per heavy atom. The lowest BCUT2D eigenvalue weighted by molar-refractivity contribution is -0.134. The van der Waals surface area contributed by atoms with E-state index < -0.39 is 11.6 Å². The fourth-order valence-electron chi connectivity index (χ4n) is 3.89. The Morgan fingerprint density at radius 3 is 2.27 bits per heavy atom. The van der Waals surface area contributed by atoms with Gasteiger partial charge in [-0.15, -0.1) is 0 Å². The van der Waals surface area contributed by atoms with Crippen molar-refractivity contribution < 1.29 is 18.3 Å². The molecule has 0 spiro atoms. The van der Waals surface area contributed by atoms with Crippen LogP contribution in [-0.2, 0) is 4.79 Å². The van der Waals surface area contributed by atoms with Crippen LogP contribution in [0.5, 0.6) is 5.75 Å². The number of unbranched alkanes of at least 4 members (excludes halogenated alkanes) is 4. The average Bonchev–Trinajstić information content (AvgIpc) is 2.64. The van der Waals surface area contributed by atoms with Gasteiger partial charge in [-0.1, -0.05) is 71.1 Å². The van der Waals surface area contributed by atoms with Gasteiger partial charge in [-0.25, -0.2) is 8.78 Å². The Hall–Kier alpha value is -1.45. The maximum Gasteiger partial charge on any atom is 0.311 e. The van der Waals surface area contributed by atoms with E-state index in [2.05, 4.69) is 6.92 Å². The highest BCUT2D eigenvalue weighted by atomic mass is 19.2. The van der Waals surface area contributed by atoms with Gasteiger partial charge >= 0.3 is 5.97 Å². The van der Waals surface area contributed by atoms with Crippen LogP contribution in [-0.4, -0.2) is 5.97 Å². The number of hydrogen-bond donors (Lipinski definition) is 0. The van der Waals surface area contributed by atoms with Gasteiger partial charge in [0, 0.05) is 12.5 Å². The van der Waals surface area contributed by atoms with E-state index in [4.69, 9.17) is 4.74 Å². The van der Waals surface area contributed by atoms with Crippen molar-refractivity contribution in [1.82, 2.24) is 0 Å². The zero-order chi connectivity index (χ0) is 18.8. The molecular weight excluding hydrogens is 334 g/mol. The molecule has 146 valence electrons. The van der Waals surface area contributed by atoms with E-state index in [1.807, 2.05) is 0 Å². The number of benzene rings is 1. The van der Waals surface area contributed by atoms with Crippen molar-refractivity contribution in [3.05, 3.63) is 29.8 Å². The van der Waals surface area contributed by atoms with Gasteiger partial charge in [0.2, 0.25) is 0 Å². The third-order valence-corrected chi connectivity index (χ3v) is 5.56. The molecule has 0 atom stereocenters. The standard InChI is InChI=1S/C22H32F2O2/c1-2-3-4-5-6-7-17-8-10-18(11-9-17)12-15-22(25)26-19-13-14-20(23)21(24)16-19/h13-14,16-18H,2-12,15H2,1H3/t17-,18-. The van der Waals surface area contributed by atoms with Crippen LogP contribution in [0.25, 0.3) is 0 Å². The Kier molecular flexibility index (Phi) is 9.07. The van der Waals surface area contributed by atoms with Crippen LogP contribution in [0.15, 0.2) is 18.2 Å². The summed E-state index contributed by atoms with van der Waals surface area (Å²) < 4.78 is 31.1. The third kappa shape index (κ3) is 7.43. The maximum absolute atomic E-state index is 13.1. The van der Waals surface area contributed by atoms with E-state index >= 15 is 0 Å². The van der Waals surface area contributed by atoms with Crippen molar-refractivity contribution in [3.63, 3.8) is 0 Å². The number of hydrogen-bond acceptors (Lipinski definition) is 2. The second-order valence-corrected chi connectivity index (χ2v) is 7.68. The number of rotatable bonds is 10. The molecule has 0 radical (unpaired) electrons. The summed E-state index contributed by atoms with van der Waals surface area (Å²) in [7, 11) is 0. The fourth-order valence-corrected chi connectivity index (χ4v) is 3.89. The zero-order valence-electron chi connectivity index (χ0n) is 15.9. The van der Waals surface area contributed by atoms with Gasteiger partial charge in [0.25, 0.3) is 0 Å². The Balaban J connectivity index is 1.59. The van der Waals surface area contributed by atoms with Crippen molar-refractivity contribution in [2.75, 3.05) is 0 Å². The molecule has 2 nitrogen and oxygen atoms in total. The quantitative estimate of drug-likeness (QED) is 0.258. The minimum Gasteiger partial charge on any atom is -0.426 e. The first-order chi connectivity index (χ1) is 12.6. The lowest BCUT2D eigenvalue weighted by atomic mass is 9.78. The van der Waals surface area contributed by atoms with Crippen LogP contribution in [0.4, 0.5) is 8.78 Å². The normalized spacial score (nSPS) is 20.1. The highest BCUT2D eigenvalue weighted by Gasteiger charge is 2.21. The minimum absolute atomic E-state index is 0.0701. The topological polar surface area (TPSA) is 26.3 Å². The van der Waals surface area contributed by atoms with Crippen LogP contribution in [0.3, 0.4) is 0 Å². The first-order valence-electron chi connectivity index (χ1n) is 10.2. The summed E-state index contributed by atoms with van der Waals surface area (Å²) >= 11 is 0. The number of carbonyl (C=O) groups excluding carboxylic acids is 1. The highest BCUT2D eigenvalue weighted by molar-refractivity contribution is 5.72. The second kappa shape index (κ2) is 11.3. The molecule has 1 aliphatic carbocycles. The van der Waals surface area contributed by atoms with E-state index in [9.17, 15) is 13.6 Å². The fraction of sp³-hybridized carbons (Fsp3) is 0.682. The molecule has 0 saturated heterocycles. The van der Waals surface area contributed by atoms with Gasteiger partial charge in [0.15, 0.2) is 11.6 Å². The molecule has 1 aromatic rings. The van der Waals surface area contributed by atoms with E-state index in [1.165, 1.54) is 70.3 Å². The molecule has 0 bridgehead atoms. The first-order valence-corrected chi connectivity index (χ1v) is 10.2. The van der Waals surface area contributed by atoms with Gasteiger partial charge in [0.05, 0.1) is 0 Å². The second-order valence-electron chi connectivity index (χ2n) is 7.68. The monoisotopic (exact) mass is 366 g/mol. The van der Waals surface area contributed by atoms with Crippen molar-refractivity contribution in [1.29, 1.82) is 0 Å². The third-order valence-electron chi connectivity index (χ3n) is 5.56. The van der Waals surface area contributed by atoms with Crippen molar-refractivity contribution in [2.24, 2.45) is 11.8 Å². The SMILES string of the molecule is CCCCCCC[C@H]1CC[C@H](CCC(=O)Oc2ccc(F)c(F)c2)CC1. The average molecular weight is 366 g/mol. The molecule has 0 amide bonds. The summed E-state index contributed by atoms with van der Waals surface area (Å²) in [5, 5.41) is 0. The van der Waals surface area contributed by atoms with Gasteiger partial charge in [-0.05, 0) is 30.4 Å². The van der Waals surface area contributed by atoms with Crippen LogP contribution in [0.2, 0.25) is 0 Å². The number of esters is 1. The van der Waals surface area contributed by atoms with Crippen LogP contribution in [0.1, 0.15) is 84.0 Å². The molecule has 0 heterocycles. The van der Waals surface area contributed by atoms with E-state index in [0.29, 0.717) is 12.3 Å². The summed E-state index contributed by atoms with van der Waals surface area (Å²) in [6, 6.07) is 3.17. The van der Waals surface area contributed by atoms with Gasteiger partial charge in [0.1, 0.15) is 5.75 Å². The van der Waals surface area contributed by atoms with Crippen LogP contribution >= 0.6 is 0 Å². The van der Waals surface area contributed by atoms with Crippen molar-refractivity contribution >= 4 is 5.97 Å². The molecule has 0 aromatic heterocycles. The van der Waals surface area contributed by atoms with Crippen LogP contribution < -0.4 is 4.74 Å². The molecule has 0 unspecified atom stereocenters. The molecule has 4 heteroatoms. The number of ether oxygens (including phenoxy) is 1. The van der Waals surface area contributed by atoms with Crippen LogP contribution in [0, 0.1) is 23.5 Å². The molecule has 1 fully saturated rings. The number of halogens is 2. The van der Waals surface area contributed by atoms with Crippen molar-refractivity contribution in [3.8, 4) is 5.75 Å². The first kappa shape index (κ1) is 20.9. The maximum atomic E-state index is 13.1. The van der Waals surface area contributed by atoms with E-state index in [1.54, 1.807) is 0 Å². The molecule has 1 aliphatic rings. The predicted molar refractivity (Wildman–Crippen MR) is 100 cm³/mol. The molecule has 2 rings (SSSR count). The van der Waals surface area contributed by atoms with E-state index in [-0.39, 0.29) is 11.7 Å². The largest absolute Gasteiger partial charge is 0.426 e. The minimum atomic E-state index is -0.997. The predicted octanol–water partition coefficient (Wildman–Crippen LogP) is 6.82. The van der Waals surface area contributed by atoms with Gasteiger partial charge < -0.3 is 4.74 Å². The van der Waals surface area contributed by atoms with Crippen molar-refractivity contribution in [2.45, 2.75) is 84.0 Å². The molecule has 26 heavy (non-hydrogen) atoms. The summed E-state index contributed by atoms with van der Waals surface area (Å²) in [6.45, 7) is 2.25. The highest BCUT2D eigenvalue weighted by Crippen LogP contribution is 2.34. The lowest BCUT2D eigenvalue weighted by Gasteiger charge is -2.28. The number of carbonyl (C=O) groups is 1. The van der Waals surface area contributed by atoms with Gasteiger partial charge in [-0.3, -0.25) is 4.79 Å². The molecule has 1 saturated carbocycles. The summed E-state index contributed by atoms with van der Waals surface area (Å²) in [5.74, 6) is -0.782. The molecule has 0 aliphatic heterocycles. The summed E-state index contributed by atoms with van der Waals surface area (Å²) in [4.78, 5) is 11.9. The zero-order valence-corrected chi connectivity index (χ0v) is 15.9. The summed E-state index contributed by atoms with van der Waals surface area (Å²) in [5.41, 5.74) is 0. The molecular formula is C22H32F2O2. The summed E-state index contributed by atoms with van der Waals surface area (Å²) in [6.07, 6.45) is 14.2. The molecule has 0 N–H and O–H groups in total.